The quantitative estimate of drug-likeness (QED) is 0.446. The van der Waals surface area contributed by atoms with E-state index in [-0.39, 0.29) is 11.9 Å². The number of nitrogens with zero attached hydrogens (tertiary/aromatic N) is 3. The lowest BCUT2D eigenvalue weighted by molar-refractivity contribution is -0.157. The molecule has 7 heteroatoms. The Balaban J connectivity index is 1.39. The Bertz CT molecular complexity index is 974. The number of piperidine rings is 1. The van der Waals surface area contributed by atoms with E-state index in [0.717, 1.165) is 56.8 Å². The molecule has 176 valence electrons. The van der Waals surface area contributed by atoms with Crippen LogP contribution < -0.4 is 4.90 Å². The number of fused-ring (bicyclic) bond motifs is 1. The molecule has 3 heterocycles. The normalized spacial score (nSPS) is 17.4. The highest BCUT2D eigenvalue weighted by molar-refractivity contribution is 7.99. The monoisotopic (exact) mass is 467 g/mol. The first-order chi connectivity index (χ1) is 16.0. The van der Waals surface area contributed by atoms with Crippen LogP contribution in [0.25, 0.3) is 0 Å². The van der Waals surface area contributed by atoms with E-state index in [1.165, 1.54) is 16.0 Å². The van der Waals surface area contributed by atoms with E-state index in [2.05, 4.69) is 28.1 Å². The molecule has 2 aliphatic rings. The van der Waals surface area contributed by atoms with Crippen LogP contribution in [0.15, 0.2) is 47.6 Å². The molecule has 4 rings (SSSR count). The maximum absolute atomic E-state index is 13.0. The Morgan fingerprint density at radius 1 is 1.09 bits per heavy atom. The number of benzene rings is 1. The van der Waals surface area contributed by atoms with E-state index in [9.17, 15) is 9.59 Å². The van der Waals surface area contributed by atoms with Crippen LogP contribution in [0.3, 0.4) is 0 Å². The number of hydrogen-bond donors (Lipinski definition) is 0. The molecule has 2 aromatic rings. The molecule has 0 aliphatic carbocycles. The molecule has 0 N–H and O–H groups in total. The molecule has 1 aromatic carbocycles. The summed E-state index contributed by atoms with van der Waals surface area (Å²) >= 11 is 1.79. The third-order valence-corrected chi connectivity index (χ3v) is 7.94. The zero-order valence-corrected chi connectivity index (χ0v) is 20.4. The molecular weight excluding hydrogens is 434 g/mol. The Morgan fingerprint density at radius 3 is 2.55 bits per heavy atom. The Kier molecular flexibility index (Phi) is 7.58. The molecule has 2 aliphatic heterocycles. The summed E-state index contributed by atoms with van der Waals surface area (Å²) in [5, 5.41) is 0. The highest BCUT2D eigenvalue weighted by Gasteiger charge is 2.42. The third-order valence-electron chi connectivity index (χ3n) is 6.94. The van der Waals surface area contributed by atoms with Crippen LogP contribution >= 0.6 is 11.8 Å². The lowest BCUT2D eigenvalue weighted by Crippen LogP contribution is -2.45. The second kappa shape index (κ2) is 10.6. The fourth-order valence-electron chi connectivity index (χ4n) is 4.84. The summed E-state index contributed by atoms with van der Waals surface area (Å²) < 4.78 is 5.52. The van der Waals surface area contributed by atoms with Crippen molar-refractivity contribution in [2.75, 3.05) is 36.9 Å². The SMILES string of the molecule is CCOC(=O)C1(CCSc2ccc3c(c2)CN(C(C)=O)CC3)CCN(c2ccncc2)CC1. The van der Waals surface area contributed by atoms with Gasteiger partial charge in [0, 0.05) is 56.1 Å². The van der Waals surface area contributed by atoms with Gasteiger partial charge in [-0.15, -0.1) is 11.8 Å². The number of hydrogen-bond acceptors (Lipinski definition) is 6. The topological polar surface area (TPSA) is 62.7 Å². The van der Waals surface area contributed by atoms with Gasteiger partial charge in [-0.2, -0.15) is 0 Å². The molecule has 1 saturated heterocycles. The highest BCUT2D eigenvalue weighted by Crippen LogP contribution is 2.40. The number of anilines is 1. The van der Waals surface area contributed by atoms with Gasteiger partial charge in [-0.25, -0.2) is 0 Å². The van der Waals surface area contributed by atoms with E-state index >= 15 is 0 Å². The third kappa shape index (κ3) is 5.52. The number of pyridine rings is 1. The van der Waals surface area contributed by atoms with E-state index in [1.807, 2.05) is 36.4 Å². The van der Waals surface area contributed by atoms with E-state index < -0.39 is 5.41 Å². The molecule has 1 aromatic heterocycles. The number of thioether (sulfide) groups is 1. The summed E-state index contributed by atoms with van der Waals surface area (Å²) in [6, 6.07) is 10.6. The van der Waals surface area contributed by atoms with Crippen molar-refractivity contribution in [3.63, 3.8) is 0 Å². The Hall–Kier alpha value is -2.54. The minimum Gasteiger partial charge on any atom is -0.466 e. The number of carbonyl (C=O) groups excluding carboxylic acids is 2. The number of amides is 1. The Morgan fingerprint density at radius 2 is 1.85 bits per heavy atom. The molecule has 0 atom stereocenters. The van der Waals surface area contributed by atoms with E-state index in [0.29, 0.717) is 13.2 Å². The number of ether oxygens (including phenoxy) is 1. The van der Waals surface area contributed by atoms with Crippen molar-refractivity contribution in [3.8, 4) is 0 Å². The van der Waals surface area contributed by atoms with Gasteiger partial charge in [0.05, 0.1) is 12.0 Å². The minimum atomic E-state index is -0.424. The van der Waals surface area contributed by atoms with Crippen LogP contribution in [-0.2, 0) is 27.3 Å². The molecule has 0 saturated carbocycles. The van der Waals surface area contributed by atoms with Crippen LogP contribution in [-0.4, -0.2) is 53.8 Å². The van der Waals surface area contributed by atoms with Gasteiger partial charge < -0.3 is 14.5 Å². The van der Waals surface area contributed by atoms with Gasteiger partial charge >= 0.3 is 5.97 Å². The number of carbonyl (C=O) groups is 2. The molecule has 0 unspecified atom stereocenters. The summed E-state index contributed by atoms with van der Waals surface area (Å²) in [6.45, 7) is 7.10. The lowest BCUT2D eigenvalue weighted by atomic mass is 9.76. The smallest absolute Gasteiger partial charge is 0.312 e. The van der Waals surface area contributed by atoms with Crippen molar-refractivity contribution < 1.29 is 14.3 Å². The first-order valence-electron chi connectivity index (χ1n) is 11.8. The molecule has 1 amide bonds. The van der Waals surface area contributed by atoms with Crippen molar-refractivity contribution in [3.05, 3.63) is 53.9 Å². The molecular formula is C26H33N3O3S. The standard InChI is InChI=1S/C26H33N3O3S/c1-3-32-25(31)26(9-15-28(16-10-26)23-6-12-27-13-7-23)11-17-33-24-5-4-21-8-14-29(20(2)30)19-22(21)18-24/h4-7,12-13,18H,3,8-11,14-17,19H2,1-2H3. The first-order valence-corrected chi connectivity index (χ1v) is 12.8. The zero-order valence-electron chi connectivity index (χ0n) is 19.6. The van der Waals surface area contributed by atoms with Crippen LogP contribution in [0.2, 0.25) is 0 Å². The predicted octanol–water partition coefficient (Wildman–Crippen LogP) is 4.32. The van der Waals surface area contributed by atoms with Crippen LogP contribution in [0.5, 0.6) is 0 Å². The average Bonchev–Trinajstić information content (AvgIpc) is 2.84. The van der Waals surface area contributed by atoms with Gasteiger partial charge in [0.15, 0.2) is 0 Å². The summed E-state index contributed by atoms with van der Waals surface area (Å²) in [7, 11) is 0. The summed E-state index contributed by atoms with van der Waals surface area (Å²) in [5.74, 6) is 0.944. The number of esters is 1. The fourth-order valence-corrected chi connectivity index (χ4v) is 5.96. The number of rotatable bonds is 7. The van der Waals surface area contributed by atoms with Gasteiger partial charge in [-0.3, -0.25) is 14.6 Å². The summed E-state index contributed by atoms with van der Waals surface area (Å²) in [6.07, 6.45) is 6.94. The number of aromatic nitrogens is 1. The molecule has 0 bridgehead atoms. The highest BCUT2D eigenvalue weighted by atomic mass is 32.2. The van der Waals surface area contributed by atoms with Gasteiger partial charge in [0.25, 0.3) is 0 Å². The van der Waals surface area contributed by atoms with Crippen molar-refractivity contribution >= 4 is 29.3 Å². The van der Waals surface area contributed by atoms with Crippen molar-refractivity contribution in [1.82, 2.24) is 9.88 Å². The summed E-state index contributed by atoms with van der Waals surface area (Å²) in [4.78, 5) is 34.3. The second-order valence-electron chi connectivity index (χ2n) is 8.91. The Labute approximate surface area is 200 Å². The molecule has 1 fully saturated rings. The van der Waals surface area contributed by atoms with Crippen LogP contribution in [0.1, 0.15) is 44.2 Å². The molecule has 33 heavy (non-hydrogen) atoms. The average molecular weight is 468 g/mol. The maximum atomic E-state index is 13.0. The zero-order chi connectivity index (χ0) is 23.3. The molecule has 6 nitrogen and oxygen atoms in total. The van der Waals surface area contributed by atoms with E-state index in [1.54, 1.807) is 18.7 Å². The van der Waals surface area contributed by atoms with Gasteiger partial charge in [-0.1, -0.05) is 6.07 Å². The molecule has 0 radical (unpaired) electrons. The minimum absolute atomic E-state index is 0.0532. The van der Waals surface area contributed by atoms with Crippen LogP contribution in [0, 0.1) is 5.41 Å². The van der Waals surface area contributed by atoms with Crippen LogP contribution in [0.4, 0.5) is 5.69 Å². The second-order valence-corrected chi connectivity index (χ2v) is 10.1. The van der Waals surface area contributed by atoms with Gasteiger partial charge in [-0.05, 0) is 73.8 Å². The van der Waals surface area contributed by atoms with Crippen molar-refractivity contribution in [2.24, 2.45) is 5.41 Å². The fraction of sp³-hybridized carbons (Fsp3) is 0.500. The largest absolute Gasteiger partial charge is 0.466 e. The first kappa shape index (κ1) is 23.6. The lowest BCUT2D eigenvalue weighted by Gasteiger charge is -2.41. The van der Waals surface area contributed by atoms with Gasteiger partial charge in [0.2, 0.25) is 5.91 Å². The predicted molar refractivity (Wildman–Crippen MR) is 131 cm³/mol. The van der Waals surface area contributed by atoms with Gasteiger partial charge in [0.1, 0.15) is 0 Å². The van der Waals surface area contributed by atoms with E-state index in [4.69, 9.17) is 4.74 Å². The maximum Gasteiger partial charge on any atom is 0.312 e. The van der Waals surface area contributed by atoms with Crippen molar-refractivity contribution in [2.45, 2.75) is 51.0 Å². The van der Waals surface area contributed by atoms with Crippen molar-refractivity contribution in [1.29, 1.82) is 0 Å². The molecule has 0 spiro atoms. The summed E-state index contributed by atoms with van der Waals surface area (Å²) in [5.41, 5.74) is 3.31.